The van der Waals surface area contributed by atoms with E-state index in [0.717, 1.165) is 0 Å². The van der Waals surface area contributed by atoms with E-state index >= 15 is 0 Å². The van der Waals surface area contributed by atoms with E-state index < -0.39 is 18.0 Å². The van der Waals surface area contributed by atoms with Gasteiger partial charge in [0.2, 0.25) is 0 Å². The second-order valence-electron chi connectivity index (χ2n) is 4.28. The number of aromatic nitrogens is 1. The predicted octanol–water partition coefficient (Wildman–Crippen LogP) is 2.57. The van der Waals surface area contributed by atoms with Crippen LogP contribution in [0.2, 0.25) is 0 Å². The van der Waals surface area contributed by atoms with Crippen LogP contribution < -0.4 is 10.6 Å². The molecule has 0 aliphatic heterocycles. The molecule has 1 heterocycles. The fourth-order valence-electron chi connectivity index (χ4n) is 1.56. The zero-order valence-corrected chi connectivity index (χ0v) is 16.0. The first-order chi connectivity index (χ1) is 11.3. The number of alkyl carbamates (subject to hydrolysis) is 1. The highest BCUT2D eigenvalue weighted by Gasteiger charge is 2.19. The van der Waals surface area contributed by atoms with Crippen LogP contribution in [0.15, 0.2) is 26.8 Å². The summed E-state index contributed by atoms with van der Waals surface area (Å²) in [5, 5.41) is 13.7. The van der Waals surface area contributed by atoms with Crippen molar-refractivity contribution >= 4 is 49.8 Å². The van der Waals surface area contributed by atoms with Gasteiger partial charge in [-0.25, -0.2) is 14.6 Å². The Morgan fingerprint density at radius 2 is 2.00 bits per heavy atom. The molecule has 2 amide bonds. The Hall–Kier alpha value is -1.94. The Labute approximate surface area is 154 Å². The summed E-state index contributed by atoms with van der Waals surface area (Å²) in [6, 6.07) is 1.58. The van der Waals surface area contributed by atoms with Crippen molar-refractivity contribution in [2.45, 2.75) is 20.4 Å². The van der Waals surface area contributed by atoms with Crippen molar-refractivity contribution in [3.8, 4) is 0 Å². The SMILES string of the molecule is C/C=C(\NC(=O)c1nc(CNC(=O)OCC)c(Br)cc1Br)C(=O)O. The molecule has 1 aromatic rings. The molecule has 10 heteroatoms. The molecule has 0 spiro atoms. The first-order valence-corrected chi connectivity index (χ1v) is 8.35. The number of aliphatic carboxylic acids is 1. The van der Waals surface area contributed by atoms with Gasteiger partial charge in [0.25, 0.3) is 5.91 Å². The molecule has 24 heavy (non-hydrogen) atoms. The first-order valence-electron chi connectivity index (χ1n) is 6.76. The van der Waals surface area contributed by atoms with Crippen LogP contribution in [0.1, 0.15) is 30.0 Å². The highest BCUT2D eigenvalue weighted by molar-refractivity contribution is 9.11. The van der Waals surface area contributed by atoms with Crippen LogP contribution >= 0.6 is 31.9 Å². The molecular formula is C14H15Br2N3O5. The smallest absolute Gasteiger partial charge is 0.407 e. The normalized spacial score (nSPS) is 10.9. The van der Waals surface area contributed by atoms with Crippen LogP contribution in [-0.4, -0.2) is 34.7 Å². The second kappa shape index (κ2) is 9.38. The molecule has 0 fully saturated rings. The van der Waals surface area contributed by atoms with Gasteiger partial charge in [-0.1, -0.05) is 6.08 Å². The quantitative estimate of drug-likeness (QED) is 0.557. The van der Waals surface area contributed by atoms with Crippen molar-refractivity contribution in [3.63, 3.8) is 0 Å². The highest BCUT2D eigenvalue weighted by atomic mass is 79.9. The van der Waals surface area contributed by atoms with Gasteiger partial charge < -0.3 is 20.5 Å². The van der Waals surface area contributed by atoms with E-state index in [1.54, 1.807) is 13.0 Å². The Morgan fingerprint density at radius 1 is 1.33 bits per heavy atom. The monoisotopic (exact) mass is 463 g/mol. The van der Waals surface area contributed by atoms with E-state index in [9.17, 15) is 14.4 Å². The Balaban J connectivity index is 2.99. The van der Waals surface area contributed by atoms with Crippen LogP contribution in [0.4, 0.5) is 4.79 Å². The van der Waals surface area contributed by atoms with Crippen molar-refractivity contribution < 1.29 is 24.2 Å². The number of nitrogens with zero attached hydrogens (tertiary/aromatic N) is 1. The number of carbonyl (C=O) groups is 3. The van der Waals surface area contributed by atoms with Crippen LogP contribution in [0.25, 0.3) is 0 Å². The van der Waals surface area contributed by atoms with Crippen molar-refractivity contribution in [1.29, 1.82) is 0 Å². The summed E-state index contributed by atoms with van der Waals surface area (Å²) >= 11 is 6.49. The standard InChI is InChI=1S/C14H15Br2N3O5/c1-3-9(13(21)22)19-12(20)11-8(16)5-7(15)10(18-11)6-17-14(23)24-4-2/h3,5H,4,6H2,1-2H3,(H,17,23)(H,19,20)(H,21,22)/b9-3-. The number of hydrogen-bond acceptors (Lipinski definition) is 5. The maximum atomic E-state index is 12.2. The zero-order valence-electron chi connectivity index (χ0n) is 12.9. The molecule has 3 N–H and O–H groups in total. The van der Waals surface area contributed by atoms with E-state index in [0.29, 0.717) is 14.6 Å². The molecule has 8 nitrogen and oxygen atoms in total. The van der Waals surface area contributed by atoms with E-state index in [1.165, 1.54) is 13.0 Å². The largest absolute Gasteiger partial charge is 0.477 e. The lowest BCUT2D eigenvalue weighted by atomic mass is 10.2. The third-order valence-electron chi connectivity index (χ3n) is 2.66. The lowest BCUT2D eigenvalue weighted by molar-refractivity contribution is -0.133. The predicted molar refractivity (Wildman–Crippen MR) is 92.4 cm³/mol. The van der Waals surface area contributed by atoms with E-state index in [-0.39, 0.29) is 24.5 Å². The zero-order chi connectivity index (χ0) is 18.3. The lowest BCUT2D eigenvalue weighted by Gasteiger charge is -2.11. The van der Waals surface area contributed by atoms with Crippen LogP contribution in [0.5, 0.6) is 0 Å². The maximum absolute atomic E-state index is 12.2. The second-order valence-corrected chi connectivity index (χ2v) is 5.99. The number of rotatable bonds is 6. The molecule has 0 saturated heterocycles. The molecule has 130 valence electrons. The average Bonchev–Trinajstić information content (AvgIpc) is 2.51. The van der Waals surface area contributed by atoms with Gasteiger partial charge in [-0.15, -0.1) is 0 Å². The lowest BCUT2D eigenvalue weighted by Crippen LogP contribution is -2.29. The molecule has 0 radical (unpaired) electrons. The maximum Gasteiger partial charge on any atom is 0.407 e. The minimum atomic E-state index is -1.26. The molecule has 0 bridgehead atoms. The molecule has 0 aromatic carbocycles. The summed E-state index contributed by atoms with van der Waals surface area (Å²) in [4.78, 5) is 38.7. The summed E-state index contributed by atoms with van der Waals surface area (Å²) < 4.78 is 5.67. The van der Waals surface area contributed by atoms with Crippen molar-refractivity contribution in [2.24, 2.45) is 0 Å². The summed E-state index contributed by atoms with van der Waals surface area (Å²) in [6.45, 7) is 3.43. The average molecular weight is 465 g/mol. The molecule has 1 aromatic heterocycles. The summed E-state index contributed by atoms with van der Waals surface area (Å²) in [6.07, 6.45) is 0.651. The summed E-state index contributed by atoms with van der Waals surface area (Å²) in [7, 11) is 0. The van der Waals surface area contributed by atoms with Crippen LogP contribution in [0, 0.1) is 0 Å². The van der Waals surface area contributed by atoms with Crippen molar-refractivity contribution in [2.75, 3.05) is 6.61 Å². The van der Waals surface area contributed by atoms with E-state index in [2.05, 4.69) is 47.5 Å². The molecule has 0 aliphatic rings. The first kappa shape index (κ1) is 20.1. The van der Waals surface area contributed by atoms with Gasteiger partial charge in [0.1, 0.15) is 11.4 Å². The van der Waals surface area contributed by atoms with Gasteiger partial charge in [-0.05, 0) is 51.8 Å². The summed E-state index contributed by atoms with van der Waals surface area (Å²) in [5.74, 6) is -1.95. The van der Waals surface area contributed by atoms with Crippen LogP contribution in [0.3, 0.4) is 0 Å². The van der Waals surface area contributed by atoms with E-state index in [4.69, 9.17) is 9.84 Å². The number of halogens is 2. The highest BCUT2D eigenvalue weighted by Crippen LogP contribution is 2.23. The number of nitrogens with one attached hydrogen (secondary N) is 2. The molecule has 0 aliphatic carbocycles. The van der Waals surface area contributed by atoms with Gasteiger partial charge in [-0.2, -0.15) is 0 Å². The van der Waals surface area contributed by atoms with Crippen molar-refractivity contribution in [1.82, 2.24) is 15.6 Å². The third kappa shape index (κ3) is 5.60. The van der Waals surface area contributed by atoms with Crippen molar-refractivity contribution in [3.05, 3.63) is 38.2 Å². The minimum Gasteiger partial charge on any atom is -0.477 e. The van der Waals surface area contributed by atoms with Crippen LogP contribution in [-0.2, 0) is 16.1 Å². The molecule has 0 unspecified atom stereocenters. The van der Waals surface area contributed by atoms with Gasteiger partial charge in [0.05, 0.1) is 23.3 Å². The van der Waals surface area contributed by atoms with Gasteiger partial charge >= 0.3 is 12.1 Å². The Bertz CT molecular complexity index is 691. The molecular weight excluding hydrogens is 450 g/mol. The number of hydrogen-bond donors (Lipinski definition) is 3. The molecule has 0 saturated carbocycles. The number of carbonyl (C=O) groups excluding carboxylic acids is 2. The third-order valence-corrected chi connectivity index (χ3v) is 3.95. The fraction of sp³-hybridized carbons (Fsp3) is 0.286. The number of ether oxygens (including phenoxy) is 1. The minimum absolute atomic E-state index is 0.0144. The Morgan fingerprint density at radius 3 is 2.54 bits per heavy atom. The number of pyridine rings is 1. The number of carboxylic acids is 1. The Kier molecular flexibility index (Phi) is 7.86. The van der Waals surface area contributed by atoms with Gasteiger partial charge in [0, 0.05) is 4.47 Å². The van der Waals surface area contributed by atoms with E-state index in [1.807, 2.05) is 0 Å². The number of amides is 2. The number of allylic oxidation sites excluding steroid dienone is 1. The molecule has 0 atom stereocenters. The molecule has 1 rings (SSSR count). The topological polar surface area (TPSA) is 118 Å². The van der Waals surface area contributed by atoms with Gasteiger partial charge in [-0.3, -0.25) is 4.79 Å². The fourth-order valence-corrected chi connectivity index (χ4v) is 2.82. The summed E-state index contributed by atoms with van der Waals surface area (Å²) in [5.41, 5.74) is 0.107. The van der Waals surface area contributed by atoms with Gasteiger partial charge in [0.15, 0.2) is 0 Å². The number of carboxylic acid groups (broad SMARTS) is 1.